The third kappa shape index (κ3) is 3.11. The van der Waals surface area contributed by atoms with Crippen LogP contribution in [0.5, 0.6) is 17.2 Å². The summed E-state index contributed by atoms with van der Waals surface area (Å²) in [7, 11) is 0. The lowest BCUT2D eigenvalue weighted by molar-refractivity contribution is 0.101. The van der Waals surface area contributed by atoms with Gasteiger partial charge in [0.05, 0.1) is 5.69 Å². The van der Waals surface area contributed by atoms with Gasteiger partial charge in [0.1, 0.15) is 5.75 Å². The summed E-state index contributed by atoms with van der Waals surface area (Å²) in [6.07, 6.45) is 0. The number of nitrogens with one attached hydrogen (secondary N) is 1. The van der Waals surface area contributed by atoms with Gasteiger partial charge < -0.3 is 20.6 Å². The van der Waals surface area contributed by atoms with Crippen LogP contribution in [0.25, 0.3) is 0 Å². The normalized spacial score (nSPS) is 10.1. The molecule has 0 bridgehead atoms. The van der Waals surface area contributed by atoms with E-state index >= 15 is 0 Å². The molecule has 0 aliphatic rings. The Morgan fingerprint density at radius 1 is 0.952 bits per heavy atom. The minimum atomic E-state index is -0.585. The zero-order valence-electron chi connectivity index (χ0n) is 11.1. The van der Waals surface area contributed by atoms with Crippen molar-refractivity contribution in [3.05, 3.63) is 47.5 Å². The van der Waals surface area contributed by atoms with E-state index in [-0.39, 0.29) is 34.1 Å². The van der Waals surface area contributed by atoms with Gasteiger partial charge in [0, 0.05) is 17.2 Å². The summed E-state index contributed by atoms with van der Waals surface area (Å²) in [6.45, 7) is 1.34. The number of aromatic hydroxyl groups is 3. The first-order chi connectivity index (χ1) is 9.88. The number of carbonyl (C=O) groups is 2. The van der Waals surface area contributed by atoms with Gasteiger partial charge in [0.15, 0.2) is 17.3 Å². The lowest BCUT2D eigenvalue weighted by Crippen LogP contribution is -2.14. The molecule has 21 heavy (non-hydrogen) atoms. The van der Waals surface area contributed by atoms with Crippen molar-refractivity contribution in [2.45, 2.75) is 6.92 Å². The number of anilines is 1. The van der Waals surface area contributed by atoms with Crippen LogP contribution in [0.4, 0.5) is 5.69 Å². The van der Waals surface area contributed by atoms with E-state index < -0.39 is 11.7 Å². The van der Waals surface area contributed by atoms with E-state index in [0.717, 1.165) is 6.07 Å². The molecule has 0 radical (unpaired) electrons. The summed E-state index contributed by atoms with van der Waals surface area (Å²) < 4.78 is 0. The number of ketones is 1. The molecule has 6 heteroatoms. The first kappa shape index (κ1) is 14.4. The molecule has 6 nitrogen and oxygen atoms in total. The number of phenols is 3. The number of Topliss-reactive ketones (excluding diaryl/α,β-unsaturated/α-hetero) is 1. The number of hydrogen-bond donors (Lipinski definition) is 4. The van der Waals surface area contributed by atoms with Crippen molar-refractivity contribution >= 4 is 17.4 Å². The van der Waals surface area contributed by atoms with Gasteiger partial charge >= 0.3 is 0 Å². The van der Waals surface area contributed by atoms with Crippen LogP contribution in [-0.2, 0) is 0 Å². The largest absolute Gasteiger partial charge is 0.508 e. The molecule has 108 valence electrons. The molecule has 0 spiro atoms. The number of amides is 1. The van der Waals surface area contributed by atoms with Crippen molar-refractivity contribution in [1.82, 2.24) is 0 Å². The fraction of sp³-hybridized carbons (Fsp3) is 0.0667. The number of hydrogen-bond acceptors (Lipinski definition) is 5. The number of benzene rings is 2. The zero-order chi connectivity index (χ0) is 15.6. The van der Waals surface area contributed by atoms with E-state index in [1.54, 1.807) is 0 Å². The van der Waals surface area contributed by atoms with Gasteiger partial charge in [-0.15, -0.1) is 0 Å². The smallest absolute Gasteiger partial charge is 0.255 e. The Bertz CT molecular complexity index is 724. The van der Waals surface area contributed by atoms with E-state index in [1.165, 1.54) is 37.3 Å². The topological polar surface area (TPSA) is 107 Å². The molecular weight excluding hydrogens is 274 g/mol. The molecule has 2 rings (SSSR count). The second-order valence-corrected chi connectivity index (χ2v) is 4.44. The van der Waals surface area contributed by atoms with Crippen molar-refractivity contribution in [2.75, 3.05) is 5.32 Å². The number of rotatable bonds is 3. The first-order valence-corrected chi connectivity index (χ1v) is 6.06. The van der Waals surface area contributed by atoms with E-state index in [2.05, 4.69) is 5.32 Å². The van der Waals surface area contributed by atoms with Crippen molar-refractivity contribution < 1.29 is 24.9 Å². The Morgan fingerprint density at radius 2 is 1.67 bits per heavy atom. The summed E-state index contributed by atoms with van der Waals surface area (Å²) in [5.74, 6) is -1.71. The Labute approximate surface area is 120 Å². The Morgan fingerprint density at radius 3 is 2.29 bits per heavy atom. The van der Waals surface area contributed by atoms with Crippen LogP contribution >= 0.6 is 0 Å². The van der Waals surface area contributed by atoms with Crippen LogP contribution < -0.4 is 5.32 Å². The molecule has 0 atom stereocenters. The molecular formula is C15H13NO5. The molecule has 0 aliphatic carbocycles. The Balaban J connectivity index is 2.33. The Hall–Kier alpha value is -3.02. The lowest BCUT2D eigenvalue weighted by atomic mass is 10.1. The number of phenolic OH excluding ortho intramolecular Hbond substituents is 3. The average Bonchev–Trinajstić information content (AvgIpc) is 2.41. The van der Waals surface area contributed by atoms with Crippen LogP contribution in [0.1, 0.15) is 27.6 Å². The molecule has 0 saturated carbocycles. The van der Waals surface area contributed by atoms with Crippen molar-refractivity contribution in [3.63, 3.8) is 0 Å². The highest BCUT2D eigenvalue weighted by Crippen LogP contribution is 2.26. The van der Waals surface area contributed by atoms with E-state index in [1.807, 2.05) is 0 Å². The van der Waals surface area contributed by atoms with Crippen molar-refractivity contribution in [3.8, 4) is 17.2 Å². The summed E-state index contributed by atoms with van der Waals surface area (Å²) in [5.41, 5.74) is 0.521. The van der Waals surface area contributed by atoms with E-state index in [0.29, 0.717) is 0 Å². The molecule has 0 unspecified atom stereocenters. The van der Waals surface area contributed by atoms with Crippen LogP contribution in [0.15, 0.2) is 36.4 Å². The van der Waals surface area contributed by atoms with Crippen molar-refractivity contribution in [1.29, 1.82) is 0 Å². The zero-order valence-corrected chi connectivity index (χ0v) is 11.1. The van der Waals surface area contributed by atoms with Gasteiger partial charge in [-0.25, -0.2) is 0 Å². The minimum Gasteiger partial charge on any atom is -0.508 e. The highest BCUT2D eigenvalue weighted by atomic mass is 16.3. The van der Waals surface area contributed by atoms with Gasteiger partial charge in [0.25, 0.3) is 5.91 Å². The summed E-state index contributed by atoms with van der Waals surface area (Å²) in [5, 5.41) is 30.5. The maximum absolute atomic E-state index is 12.1. The molecule has 0 fully saturated rings. The maximum atomic E-state index is 12.1. The van der Waals surface area contributed by atoms with Crippen LogP contribution in [0.3, 0.4) is 0 Å². The standard InChI is InChI=1S/C15H13NO5/c1-8(17)11-4-3-10(18)7-12(11)16-15(21)9-2-5-13(19)14(20)6-9/h2-7,18-20H,1H3,(H,16,21). The predicted octanol–water partition coefficient (Wildman–Crippen LogP) is 2.26. The molecule has 2 aromatic carbocycles. The van der Waals surface area contributed by atoms with Crippen molar-refractivity contribution in [2.24, 2.45) is 0 Å². The SMILES string of the molecule is CC(=O)c1ccc(O)cc1NC(=O)c1ccc(O)c(O)c1. The summed E-state index contributed by atoms with van der Waals surface area (Å²) >= 11 is 0. The van der Waals surface area contributed by atoms with Crippen LogP contribution in [0, 0.1) is 0 Å². The van der Waals surface area contributed by atoms with E-state index in [9.17, 15) is 24.9 Å². The fourth-order valence-electron chi connectivity index (χ4n) is 1.80. The molecule has 0 heterocycles. The molecule has 0 saturated heterocycles. The monoisotopic (exact) mass is 287 g/mol. The van der Waals surface area contributed by atoms with Gasteiger partial charge in [-0.3, -0.25) is 9.59 Å². The highest BCUT2D eigenvalue weighted by Gasteiger charge is 2.14. The molecule has 4 N–H and O–H groups in total. The first-order valence-electron chi connectivity index (χ1n) is 6.06. The third-order valence-electron chi connectivity index (χ3n) is 2.87. The van der Waals surface area contributed by atoms with Crippen LogP contribution in [0.2, 0.25) is 0 Å². The van der Waals surface area contributed by atoms with Gasteiger partial charge in [-0.1, -0.05) is 0 Å². The predicted molar refractivity (Wildman–Crippen MR) is 75.8 cm³/mol. The second-order valence-electron chi connectivity index (χ2n) is 4.44. The quantitative estimate of drug-likeness (QED) is 0.511. The van der Waals surface area contributed by atoms with Crippen LogP contribution in [-0.4, -0.2) is 27.0 Å². The lowest BCUT2D eigenvalue weighted by Gasteiger charge is -2.10. The Kier molecular flexibility index (Phi) is 3.80. The van der Waals surface area contributed by atoms with Gasteiger partial charge in [-0.2, -0.15) is 0 Å². The summed E-state index contributed by atoms with van der Waals surface area (Å²) in [4.78, 5) is 23.6. The average molecular weight is 287 g/mol. The fourth-order valence-corrected chi connectivity index (χ4v) is 1.80. The summed E-state index contributed by atoms with van der Waals surface area (Å²) in [6, 6.07) is 7.61. The highest BCUT2D eigenvalue weighted by molar-refractivity contribution is 6.09. The second kappa shape index (κ2) is 5.54. The molecule has 1 amide bonds. The third-order valence-corrected chi connectivity index (χ3v) is 2.87. The molecule has 0 aliphatic heterocycles. The molecule has 2 aromatic rings. The minimum absolute atomic E-state index is 0.0937. The van der Waals surface area contributed by atoms with E-state index in [4.69, 9.17) is 0 Å². The number of carbonyl (C=O) groups excluding carboxylic acids is 2. The van der Waals surface area contributed by atoms with Gasteiger partial charge in [-0.05, 0) is 37.3 Å². The van der Waals surface area contributed by atoms with Gasteiger partial charge in [0.2, 0.25) is 0 Å². The molecule has 0 aromatic heterocycles. The maximum Gasteiger partial charge on any atom is 0.255 e.